The van der Waals surface area contributed by atoms with Crippen LogP contribution in [0.15, 0.2) is 109 Å². The molecule has 3 nitrogen and oxygen atoms in total. The van der Waals surface area contributed by atoms with E-state index in [9.17, 15) is 4.79 Å². The number of nitrogens with zero attached hydrogens (tertiary/aromatic N) is 1. The Morgan fingerprint density at radius 2 is 1.29 bits per heavy atom. The summed E-state index contributed by atoms with van der Waals surface area (Å²) < 4.78 is 6.39. The fraction of sp³-hybridized carbons (Fsp3) is 0.107. The minimum absolute atomic E-state index is 0.0565. The molecule has 0 saturated heterocycles. The lowest BCUT2D eigenvalue weighted by Crippen LogP contribution is -2.22. The van der Waals surface area contributed by atoms with Crippen molar-refractivity contribution in [1.82, 2.24) is 4.90 Å². The SMILES string of the molecule is CN(C)C(c1ccccc1)c1cccc(C(=O)c2ccccc2)c1Oc1ccccc1. The zero-order chi connectivity index (χ0) is 21.6. The van der Waals surface area contributed by atoms with Crippen LogP contribution in [0.1, 0.15) is 33.1 Å². The highest BCUT2D eigenvalue weighted by Crippen LogP contribution is 2.39. The third-order valence-corrected chi connectivity index (χ3v) is 5.22. The Balaban J connectivity index is 1.89. The molecule has 4 aromatic carbocycles. The molecule has 1 atom stereocenters. The first-order valence-corrected chi connectivity index (χ1v) is 10.3. The summed E-state index contributed by atoms with van der Waals surface area (Å²) in [6.45, 7) is 0. The number of benzene rings is 4. The van der Waals surface area contributed by atoms with Crippen LogP contribution in [0.25, 0.3) is 0 Å². The molecule has 0 saturated carbocycles. The standard InChI is InChI=1S/C28H25NO2/c1-29(2)26(21-13-6-3-7-14-21)24-19-12-20-25(27(30)22-15-8-4-9-16-22)28(24)31-23-17-10-5-11-18-23/h3-20,26H,1-2H3. The van der Waals surface area contributed by atoms with Gasteiger partial charge in [0.2, 0.25) is 0 Å². The maximum Gasteiger partial charge on any atom is 0.196 e. The van der Waals surface area contributed by atoms with Crippen molar-refractivity contribution in [1.29, 1.82) is 0 Å². The van der Waals surface area contributed by atoms with E-state index >= 15 is 0 Å². The Morgan fingerprint density at radius 1 is 0.710 bits per heavy atom. The second kappa shape index (κ2) is 9.41. The fourth-order valence-electron chi connectivity index (χ4n) is 3.81. The van der Waals surface area contributed by atoms with Gasteiger partial charge in [0.15, 0.2) is 5.78 Å². The van der Waals surface area contributed by atoms with Crippen molar-refractivity contribution in [3.63, 3.8) is 0 Å². The molecule has 0 amide bonds. The molecule has 3 heteroatoms. The monoisotopic (exact) mass is 407 g/mol. The Labute approximate surface area is 183 Å². The van der Waals surface area contributed by atoms with Crippen LogP contribution < -0.4 is 4.74 Å². The molecule has 0 aliphatic heterocycles. The van der Waals surface area contributed by atoms with Crippen LogP contribution in [-0.2, 0) is 0 Å². The van der Waals surface area contributed by atoms with Crippen molar-refractivity contribution in [2.24, 2.45) is 0 Å². The van der Waals surface area contributed by atoms with Crippen LogP contribution in [0.3, 0.4) is 0 Å². The summed E-state index contributed by atoms with van der Waals surface area (Å²) in [6, 6.07) is 35.0. The highest BCUT2D eigenvalue weighted by atomic mass is 16.5. The minimum Gasteiger partial charge on any atom is -0.456 e. The molecule has 31 heavy (non-hydrogen) atoms. The number of carbonyl (C=O) groups excluding carboxylic acids is 1. The smallest absolute Gasteiger partial charge is 0.196 e. The lowest BCUT2D eigenvalue weighted by molar-refractivity contribution is 0.103. The van der Waals surface area contributed by atoms with Gasteiger partial charge in [-0.3, -0.25) is 9.69 Å². The summed E-state index contributed by atoms with van der Waals surface area (Å²) in [5.41, 5.74) is 3.27. The number of hydrogen-bond donors (Lipinski definition) is 0. The Hall–Kier alpha value is -3.69. The molecule has 0 fully saturated rings. The van der Waals surface area contributed by atoms with Gasteiger partial charge in [-0.05, 0) is 37.9 Å². The van der Waals surface area contributed by atoms with Gasteiger partial charge < -0.3 is 4.74 Å². The van der Waals surface area contributed by atoms with Crippen molar-refractivity contribution in [3.05, 3.63) is 131 Å². The van der Waals surface area contributed by atoms with E-state index in [4.69, 9.17) is 4.74 Å². The number of ketones is 1. The van der Waals surface area contributed by atoms with E-state index in [1.807, 2.05) is 111 Å². The molecule has 0 radical (unpaired) electrons. The lowest BCUT2D eigenvalue weighted by atomic mass is 9.92. The summed E-state index contributed by atoms with van der Waals surface area (Å²) in [6.07, 6.45) is 0. The molecule has 4 aromatic rings. The summed E-state index contributed by atoms with van der Waals surface area (Å²) in [7, 11) is 4.07. The maximum atomic E-state index is 13.4. The third kappa shape index (κ3) is 4.57. The maximum absolute atomic E-state index is 13.4. The zero-order valence-electron chi connectivity index (χ0n) is 17.7. The molecular weight excluding hydrogens is 382 g/mol. The van der Waals surface area contributed by atoms with Crippen LogP contribution in [0, 0.1) is 0 Å². The number of para-hydroxylation sites is 2. The predicted octanol–water partition coefficient (Wildman–Crippen LogP) is 6.36. The van der Waals surface area contributed by atoms with Crippen LogP contribution >= 0.6 is 0 Å². The summed E-state index contributed by atoms with van der Waals surface area (Å²) in [4.78, 5) is 15.6. The Morgan fingerprint density at radius 3 is 1.90 bits per heavy atom. The topological polar surface area (TPSA) is 29.5 Å². The molecule has 0 aliphatic carbocycles. The molecule has 0 spiro atoms. The zero-order valence-corrected chi connectivity index (χ0v) is 17.7. The number of carbonyl (C=O) groups is 1. The molecule has 0 aliphatic rings. The first-order valence-electron chi connectivity index (χ1n) is 10.3. The van der Waals surface area contributed by atoms with Gasteiger partial charge in [-0.2, -0.15) is 0 Å². The van der Waals surface area contributed by atoms with Gasteiger partial charge in [0, 0.05) is 11.1 Å². The van der Waals surface area contributed by atoms with E-state index in [0.29, 0.717) is 22.6 Å². The van der Waals surface area contributed by atoms with Crippen molar-refractivity contribution in [2.45, 2.75) is 6.04 Å². The van der Waals surface area contributed by atoms with Gasteiger partial charge in [-0.25, -0.2) is 0 Å². The molecule has 0 bridgehead atoms. The van der Waals surface area contributed by atoms with E-state index in [1.165, 1.54) is 0 Å². The van der Waals surface area contributed by atoms with Gasteiger partial charge in [0.05, 0.1) is 11.6 Å². The van der Waals surface area contributed by atoms with E-state index < -0.39 is 0 Å². The van der Waals surface area contributed by atoms with Crippen molar-refractivity contribution < 1.29 is 9.53 Å². The van der Waals surface area contributed by atoms with Crippen molar-refractivity contribution >= 4 is 5.78 Å². The van der Waals surface area contributed by atoms with E-state index in [0.717, 1.165) is 11.1 Å². The van der Waals surface area contributed by atoms with E-state index in [-0.39, 0.29) is 11.8 Å². The average molecular weight is 408 g/mol. The summed E-state index contributed by atoms with van der Waals surface area (Å²) >= 11 is 0. The largest absolute Gasteiger partial charge is 0.456 e. The summed E-state index contributed by atoms with van der Waals surface area (Å²) in [5, 5.41) is 0. The third-order valence-electron chi connectivity index (χ3n) is 5.22. The van der Waals surface area contributed by atoms with Crippen LogP contribution in [0.5, 0.6) is 11.5 Å². The first-order chi connectivity index (χ1) is 15.1. The molecule has 1 unspecified atom stereocenters. The predicted molar refractivity (Wildman–Crippen MR) is 125 cm³/mol. The average Bonchev–Trinajstić information content (AvgIpc) is 2.81. The Kier molecular flexibility index (Phi) is 6.25. The molecular formula is C28H25NO2. The van der Waals surface area contributed by atoms with E-state index in [1.54, 1.807) is 0 Å². The molecule has 0 heterocycles. The molecule has 0 aromatic heterocycles. The Bertz CT molecular complexity index is 1140. The molecule has 154 valence electrons. The highest BCUT2D eigenvalue weighted by Gasteiger charge is 2.25. The first kappa shape index (κ1) is 20.6. The quantitative estimate of drug-likeness (QED) is 0.334. The van der Waals surface area contributed by atoms with Crippen molar-refractivity contribution in [2.75, 3.05) is 14.1 Å². The van der Waals surface area contributed by atoms with Gasteiger partial charge >= 0.3 is 0 Å². The second-order valence-corrected chi connectivity index (χ2v) is 7.61. The number of ether oxygens (including phenoxy) is 1. The van der Waals surface area contributed by atoms with Crippen LogP contribution in [0.2, 0.25) is 0 Å². The van der Waals surface area contributed by atoms with E-state index in [2.05, 4.69) is 17.0 Å². The number of hydrogen-bond acceptors (Lipinski definition) is 3. The lowest BCUT2D eigenvalue weighted by Gasteiger charge is -2.28. The highest BCUT2D eigenvalue weighted by molar-refractivity contribution is 6.11. The van der Waals surface area contributed by atoms with Crippen LogP contribution in [-0.4, -0.2) is 24.8 Å². The van der Waals surface area contributed by atoms with Gasteiger partial charge in [0.1, 0.15) is 11.5 Å². The minimum atomic E-state index is -0.0663. The number of rotatable bonds is 7. The normalized spacial score (nSPS) is 11.8. The van der Waals surface area contributed by atoms with Gasteiger partial charge in [-0.15, -0.1) is 0 Å². The molecule has 0 N–H and O–H groups in total. The summed E-state index contributed by atoms with van der Waals surface area (Å²) in [5.74, 6) is 1.23. The second-order valence-electron chi connectivity index (χ2n) is 7.61. The van der Waals surface area contributed by atoms with Crippen LogP contribution in [0.4, 0.5) is 0 Å². The van der Waals surface area contributed by atoms with Gasteiger partial charge in [0.25, 0.3) is 0 Å². The fourth-order valence-corrected chi connectivity index (χ4v) is 3.81. The van der Waals surface area contributed by atoms with Gasteiger partial charge in [-0.1, -0.05) is 91.0 Å². The van der Waals surface area contributed by atoms with Crippen molar-refractivity contribution in [3.8, 4) is 11.5 Å². The molecule has 4 rings (SSSR count).